The Morgan fingerprint density at radius 1 is 0.942 bits per heavy atom. The first kappa shape index (κ1) is 33.5. The Bertz CT molecular complexity index is 2210. The second-order valence-electron chi connectivity index (χ2n) is 13.3. The first-order valence-corrected chi connectivity index (χ1v) is 18.5. The lowest BCUT2D eigenvalue weighted by atomic mass is 9.79. The van der Waals surface area contributed by atoms with Gasteiger partial charge in [-0.15, -0.1) is 11.7 Å². The summed E-state index contributed by atoms with van der Waals surface area (Å²) < 4.78 is 13.6. The van der Waals surface area contributed by atoms with Crippen LogP contribution < -0.4 is 14.8 Å². The van der Waals surface area contributed by atoms with Gasteiger partial charge in [-0.3, -0.25) is 9.48 Å². The highest BCUT2D eigenvalue weighted by Gasteiger charge is 2.46. The number of anilines is 1. The average Bonchev–Trinajstić information content (AvgIpc) is 3.80. The number of hydrogen-bond donors (Lipinski definition) is 1. The molecule has 1 amide bonds. The highest BCUT2D eigenvalue weighted by molar-refractivity contribution is 8.14. The number of aromatic nitrogens is 4. The van der Waals surface area contributed by atoms with Gasteiger partial charge in [-0.05, 0) is 103 Å². The van der Waals surface area contributed by atoms with Crippen LogP contribution in [0.3, 0.4) is 0 Å². The summed E-state index contributed by atoms with van der Waals surface area (Å²) in [6.45, 7) is 5.63. The standard InChI is InChI=1S/C42H40N6O3S/c1-4-27(25-47-26-39(45-46-47)29-10-14-31(43-2)15-11-29)30-20-21-48-40(22-30)41(52-42(48)49)36-24-38(44-37-19-18-34(50-3)23-35(36)37)28-12-16-33(17-13-28)51-32-8-6-5-7-9-32/h4-19,23-24,26-27,30,40-41,43H,1,20-22,25H2,2-3H3/t27-,30-,40-,41-/m0/s1. The summed E-state index contributed by atoms with van der Waals surface area (Å²) >= 11 is 1.43. The van der Waals surface area contributed by atoms with E-state index in [2.05, 4.69) is 51.4 Å². The highest BCUT2D eigenvalue weighted by atomic mass is 32.2. The number of fused-ring (bicyclic) bond motifs is 2. The van der Waals surface area contributed by atoms with Gasteiger partial charge in [-0.1, -0.05) is 53.4 Å². The molecule has 52 heavy (non-hydrogen) atoms. The predicted octanol–water partition coefficient (Wildman–Crippen LogP) is 9.49. The Hall–Kier alpha value is -5.61. The topological polar surface area (TPSA) is 94.4 Å². The van der Waals surface area contributed by atoms with Crippen LogP contribution in [0.4, 0.5) is 10.5 Å². The quantitative estimate of drug-likeness (QED) is 0.133. The highest BCUT2D eigenvalue weighted by Crippen LogP contribution is 2.51. The molecule has 10 heteroatoms. The summed E-state index contributed by atoms with van der Waals surface area (Å²) in [7, 11) is 3.58. The van der Waals surface area contributed by atoms with Gasteiger partial charge >= 0.3 is 0 Å². The number of carbonyl (C=O) groups excluding carboxylic acids is 1. The number of benzene rings is 4. The molecule has 1 N–H and O–H groups in total. The molecule has 262 valence electrons. The van der Waals surface area contributed by atoms with Crippen LogP contribution in [0.5, 0.6) is 17.2 Å². The van der Waals surface area contributed by atoms with E-state index in [1.165, 1.54) is 11.8 Å². The number of thioether (sulfide) groups is 1. The maximum absolute atomic E-state index is 13.6. The fourth-order valence-electron chi connectivity index (χ4n) is 7.47. The third-order valence-electron chi connectivity index (χ3n) is 10.3. The molecule has 8 rings (SSSR count). The van der Waals surface area contributed by atoms with Crippen molar-refractivity contribution in [3.63, 3.8) is 0 Å². The largest absolute Gasteiger partial charge is 0.497 e. The number of nitrogens with zero attached hydrogens (tertiary/aromatic N) is 5. The number of allylic oxidation sites excluding steroid dienone is 1. The number of carbonyl (C=O) groups is 1. The Labute approximate surface area is 307 Å². The normalized spacial score (nSPS) is 18.9. The van der Waals surface area contributed by atoms with E-state index in [4.69, 9.17) is 14.5 Å². The summed E-state index contributed by atoms with van der Waals surface area (Å²) in [6, 6.07) is 34.1. The van der Waals surface area contributed by atoms with E-state index in [-0.39, 0.29) is 22.4 Å². The Morgan fingerprint density at radius 3 is 2.42 bits per heavy atom. The maximum Gasteiger partial charge on any atom is 0.282 e. The van der Waals surface area contributed by atoms with Crippen molar-refractivity contribution >= 4 is 33.6 Å². The molecule has 2 saturated heterocycles. The zero-order valence-corrected chi connectivity index (χ0v) is 30.0. The zero-order chi connectivity index (χ0) is 35.6. The number of piperidine rings is 1. The number of para-hydroxylation sites is 1. The minimum absolute atomic E-state index is 0.0296. The summed E-state index contributed by atoms with van der Waals surface area (Å²) in [6.07, 6.45) is 5.84. The Morgan fingerprint density at radius 2 is 1.67 bits per heavy atom. The summed E-state index contributed by atoms with van der Waals surface area (Å²) in [5.74, 6) is 2.80. The van der Waals surface area contributed by atoms with Crippen molar-refractivity contribution in [3.05, 3.63) is 128 Å². The molecule has 4 atom stereocenters. The molecule has 4 aromatic carbocycles. The van der Waals surface area contributed by atoms with Crippen molar-refractivity contribution < 1.29 is 14.3 Å². The number of nitrogens with one attached hydrogen (secondary N) is 1. The molecule has 0 unspecified atom stereocenters. The fourth-order valence-corrected chi connectivity index (χ4v) is 8.79. The number of rotatable bonds is 11. The molecule has 0 aliphatic carbocycles. The zero-order valence-electron chi connectivity index (χ0n) is 29.2. The molecule has 0 radical (unpaired) electrons. The molecule has 9 nitrogen and oxygen atoms in total. The van der Waals surface area contributed by atoms with Crippen molar-refractivity contribution in [2.24, 2.45) is 11.8 Å². The average molecular weight is 709 g/mol. The van der Waals surface area contributed by atoms with Crippen LogP contribution in [-0.2, 0) is 6.54 Å². The Kier molecular flexibility index (Phi) is 9.38. The lowest BCUT2D eigenvalue weighted by molar-refractivity contribution is 0.129. The molecule has 2 aliphatic rings. The monoisotopic (exact) mass is 708 g/mol. The third-order valence-corrected chi connectivity index (χ3v) is 11.6. The maximum atomic E-state index is 13.6. The van der Waals surface area contributed by atoms with Crippen molar-refractivity contribution in [1.29, 1.82) is 0 Å². The van der Waals surface area contributed by atoms with Crippen LogP contribution in [0.25, 0.3) is 33.4 Å². The van der Waals surface area contributed by atoms with Gasteiger partial charge in [0.25, 0.3) is 5.24 Å². The van der Waals surface area contributed by atoms with Crippen LogP contribution in [0.1, 0.15) is 23.7 Å². The number of hydrogen-bond acceptors (Lipinski definition) is 8. The first-order valence-electron chi connectivity index (χ1n) is 17.6. The summed E-state index contributed by atoms with van der Waals surface area (Å²) in [5, 5.41) is 13.2. The van der Waals surface area contributed by atoms with Crippen LogP contribution in [-0.4, -0.2) is 56.9 Å². The predicted molar refractivity (Wildman–Crippen MR) is 208 cm³/mol. The van der Waals surface area contributed by atoms with Gasteiger partial charge < -0.3 is 19.7 Å². The molecule has 2 fully saturated rings. The van der Waals surface area contributed by atoms with Crippen LogP contribution in [0, 0.1) is 11.8 Å². The van der Waals surface area contributed by atoms with E-state index in [9.17, 15) is 4.79 Å². The summed E-state index contributed by atoms with van der Waals surface area (Å²) in [4.78, 5) is 20.8. The minimum atomic E-state index is -0.0728. The van der Waals surface area contributed by atoms with Crippen molar-refractivity contribution in [2.45, 2.75) is 30.7 Å². The molecular weight excluding hydrogens is 669 g/mol. The number of amides is 1. The van der Waals surface area contributed by atoms with E-state index < -0.39 is 0 Å². The van der Waals surface area contributed by atoms with Crippen LogP contribution >= 0.6 is 11.8 Å². The second kappa shape index (κ2) is 14.6. The van der Waals surface area contributed by atoms with Crippen LogP contribution in [0.15, 0.2) is 122 Å². The molecule has 4 heterocycles. The van der Waals surface area contributed by atoms with E-state index in [1.807, 2.05) is 103 Å². The van der Waals surface area contributed by atoms with Gasteiger partial charge in [0.15, 0.2) is 0 Å². The van der Waals surface area contributed by atoms with Crippen LogP contribution in [0.2, 0.25) is 0 Å². The molecule has 2 aromatic heterocycles. The molecule has 0 saturated carbocycles. The van der Waals surface area contributed by atoms with E-state index >= 15 is 0 Å². The van der Waals surface area contributed by atoms with Gasteiger partial charge in [-0.25, -0.2) is 4.98 Å². The second-order valence-corrected chi connectivity index (χ2v) is 14.4. The van der Waals surface area contributed by atoms with E-state index in [0.717, 1.165) is 74.8 Å². The molecule has 2 aliphatic heterocycles. The van der Waals surface area contributed by atoms with Crippen molar-refractivity contribution in [2.75, 3.05) is 26.0 Å². The first-order chi connectivity index (χ1) is 25.5. The fraction of sp³-hybridized carbons (Fsp3) is 0.238. The number of pyridine rings is 1. The van der Waals surface area contributed by atoms with Gasteiger partial charge in [0.1, 0.15) is 22.9 Å². The van der Waals surface area contributed by atoms with Gasteiger partial charge in [-0.2, -0.15) is 0 Å². The third kappa shape index (κ3) is 6.74. The van der Waals surface area contributed by atoms with E-state index in [1.54, 1.807) is 7.11 Å². The SMILES string of the molecule is C=C[C@@H](Cn1cc(-c2ccc(NC)cc2)nn1)[C@H]1CCN2C(=O)S[C@@H](c3cc(-c4ccc(Oc5ccccc5)cc4)nc4ccc(OC)cc34)[C@@H]2C1. The van der Waals surface area contributed by atoms with Gasteiger partial charge in [0, 0.05) is 48.4 Å². The minimum Gasteiger partial charge on any atom is -0.497 e. The molecule has 6 aromatic rings. The van der Waals surface area contributed by atoms with Crippen molar-refractivity contribution in [1.82, 2.24) is 24.9 Å². The summed E-state index contributed by atoms with van der Waals surface area (Å²) in [5.41, 5.74) is 6.70. The molecule has 0 bridgehead atoms. The smallest absolute Gasteiger partial charge is 0.282 e. The lowest BCUT2D eigenvalue weighted by Crippen LogP contribution is -2.43. The van der Waals surface area contributed by atoms with Crippen molar-refractivity contribution in [3.8, 4) is 39.8 Å². The number of methoxy groups -OCH3 is 1. The van der Waals surface area contributed by atoms with E-state index in [0.29, 0.717) is 19.0 Å². The molecule has 0 spiro atoms. The Balaban J connectivity index is 1.07. The van der Waals surface area contributed by atoms with Gasteiger partial charge in [0.05, 0.1) is 29.8 Å². The lowest BCUT2D eigenvalue weighted by Gasteiger charge is -2.39. The van der Waals surface area contributed by atoms with Gasteiger partial charge in [0.2, 0.25) is 0 Å². The number of ether oxygens (including phenoxy) is 2. The molecular formula is C42H40N6O3S.